The number of ether oxygens (including phenoxy) is 1. The van der Waals surface area contributed by atoms with Gasteiger partial charge in [-0.15, -0.1) is 0 Å². The fourth-order valence-electron chi connectivity index (χ4n) is 3.27. The van der Waals surface area contributed by atoms with Crippen LogP contribution in [0.15, 0.2) is 58.7 Å². The van der Waals surface area contributed by atoms with Crippen molar-refractivity contribution in [3.8, 4) is 5.75 Å². The zero-order chi connectivity index (χ0) is 19.7. The average molecular weight is 395 g/mol. The molecule has 1 aromatic heterocycles. The number of amidine groups is 1. The Balaban J connectivity index is 1.63. The Kier molecular flexibility index (Phi) is 4.96. The molecule has 4 rings (SSSR count). The molecule has 142 valence electrons. The first-order valence-electron chi connectivity index (χ1n) is 9.07. The molecule has 1 aliphatic heterocycles. The molecule has 0 saturated heterocycles. The number of carbonyl (C=O) groups excluding carboxylic acids is 1. The Hall–Kier alpha value is -2.99. The van der Waals surface area contributed by atoms with E-state index in [2.05, 4.69) is 15.1 Å². The minimum absolute atomic E-state index is 0.111. The number of allylic oxidation sites excluding steroid dienone is 2. The Morgan fingerprint density at radius 2 is 2.11 bits per heavy atom. The van der Waals surface area contributed by atoms with Crippen molar-refractivity contribution in [2.75, 3.05) is 6.61 Å². The number of nitrogens with zero attached hydrogens (tertiary/aromatic N) is 4. The van der Waals surface area contributed by atoms with Crippen LogP contribution in [0.5, 0.6) is 5.75 Å². The van der Waals surface area contributed by atoms with E-state index in [1.807, 2.05) is 55.5 Å². The quantitative estimate of drug-likeness (QED) is 0.581. The summed E-state index contributed by atoms with van der Waals surface area (Å²) in [4.78, 5) is 21.8. The van der Waals surface area contributed by atoms with Crippen LogP contribution in [0.4, 0.5) is 0 Å². The SMILES string of the molecule is CCOc1ccc2cc(/C=N\N3C(=O)[C@@H]4C=CC=C[C@@H]4N=C3C)c(Cl)nc2c1. The first-order chi connectivity index (χ1) is 13.6. The third-order valence-corrected chi connectivity index (χ3v) is 4.94. The number of rotatable bonds is 4. The number of aromatic nitrogens is 1. The van der Waals surface area contributed by atoms with Gasteiger partial charge in [0.1, 0.15) is 16.7 Å². The van der Waals surface area contributed by atoms with Gasteiger partial charge in [0.25, 0.3) is 5.91 Å². The van der Waals surface area contributed by atoms with E-state index >= 15 is 0 Å². The average Bonchev–Trinajstić information content (AvgIpc) is 2.68. The number of halogens is 1. The maximum Gasteiger partial charge on any atom is 0.257 e. The molecule has 28 heavy (non-hydrogen) atoms. The topological polar surface area (TPSA) is 67.2 Å². The van der Waals surface area contributed by atoms with Gasteiger partial charge < -0.3 is 4.74 Å². The zero-order valence-electron chi connectivity index (χ0n) is 15.5. The van der Waals surface area contributed by atoms with Gasteiger partial charge in [0.05, 0.1) is 30.3 Å². The molecule has 2 aliphatic rings. The Labute approximate surface area is 167 Å². The summed E-state index contributed by atoms with van der Waals surface area (Å²) in [5.74, 6) is 0.858. The molecule has 0 bridgehead atoms. The zero-order valence-corrected chi connectivity index (χ0v) is 16.3. The summed E-state index contributed by atoms with van der Waals surface area (Å²) in [6, 6.07) is 7.38. The van der Waals surface area contributed by atoms with Gasteiger partial charge in [-0.3, -0.25) is 9.79 Å². The second-order valence-electron chi connectivity index (χ2n) is 6.51. The van der Waals surface area contributed by atoms with E-state index in [4.69, 9.17) is 16.3 Å². The highest BCUT2D eigenvalue weighted by Crippen LogP contribution is 2.26. The fraction of sp³-hybridized carbons (Fsp3) is 0.238. The molecule has 0 N–H and O–H groups in total. The molecular formula is C21H19ClN4O2. The number of aliphatic imine (C=N–C) groups is 1. The molecular weight excluding hydrogens is 376 g/mol. The van der Waals surface area contributed by atoms with E-state index in [0.717, 1.165) is 16.7 Å². The van der Waals surface area contributed by atoms with Gasteiger partial charge >= 0.3 is 0 Å². The number of fused-ring (bicyclic) bond motifs is 2. The fourth-order valence-corrected chi connectivity index (χ4v) is 3.46. The van der Waals surface area contributed by atoms with Crippen LogP contribution in [0.3, 0.4) is 0 Å². The smallest absolute Gasteiger partial charge is 0.257 e. The maximum atomic E-state index is 12.8. The lowest BCUT2D eigenvalue weighted by Crippen LogP contribution is -2.44. The molecule has 2 heterocycles. The summed E-state index contributed by atoms with van der Waals surface area (Å²) >= 11 is 6.34. The highest BCUT2D eigenvalue weighted by Gasteiger charge is 2.35. The van der Waals surface area contributed by atoms with Crippen LogP contribution in [0.2, 0.25) is 5.15 Å². The lowest BCUT2D eigenvalue weighted by atomic mass is 9.93. The summed E-state index contributed by atoms with van der Waals surface area (Å²) in [5, 5.41) is 6.88. The minimum Gasteiger partial charge on any atom is -0.494 e. The molecule has 0 spiro atoms. The number of pyridine rings is 1. The van der Waals surface area contributed by atoms with E-state index in [9.17, 15) is 4.79 Å². The summed E-state index contributed by atoms with van der Waals surface area (Å²) in [6.45, 7) is 4.29. The van der Waals surface area contributed by atoms with E-state index < -0.39 is 0 Å². The largest absolute Gasteiger partial charge is 0.494 e. The molecule has 0 radical (unpaired) electrons. The summed E-state index contributed by atoms with van der Waals surface area (Å²) < 4.78 is 5.50. The first kappa shape index (κ1) is 18.4. The molecule has 0 fully saturated rings. The van der Waals surface area contributed by atoms with Gasteiger partial charge in [-0.2, -0.15) is 10.1 Å². The maximum absolute atomic E-state index is 12.8. The van der Waals surface area contributed by atoms with Crippen LogP contribution < -0.4 is 4.74 Å². The molecule has 0 saturated carbocycles. The van der Waals surface area contributed by atoms with Crippen molar-refractivity contribution in [2.24, 2.45) is 16.0 Å². The van der Waals surface area contributed by atoms with Gasteiger partial charge in [0.15, 0.2) is 0 Å². The Morgan fingerprint density at radius 3 is 2.93 bits per heavy atom. The Morgan fingerprint density at radius 1 is 1.29 bits per heavy atom. The monoisotopic (exact) mass is 394 g/mol. The lowest BCUT2D eigenvalue weighted by Gasteiger charge is -2.30. The van der Waals surface area contributed by atoms with E-state index in [0.29, 0.717) is 23.2 Å². The van der Waals surface area contributed by atoms with Crippen LogP contribution in [0.25, 0.3) is 10.9 Å². The standard InChI is InChI=1S/C21H19ClN4O2/c1-3-28-16-9-8-14-10-15(20(22)25-19(14)11-16)12-23-26-13(2)24-18-7-5-4-6-17(18)21(26)27/h4-12,17-18H,3H2,1-2H3/b23-12-/t17-,18+/m1/s1. The highest BCUT2D eigenvalue weighted by atomic mass is 35.5. The van der Waals surface area contributed by atoms with Gasteiger partial charge in [0.2, 0.25) is 0 Å². The molecule has 2 aromatic rings. The number of amides is 1. The van der Waals surface area contributed by atoms with E-state index in [1.165, 1.54) is 5.01 Å². The summed E-state index contributed by atoms with van der Waals surface area (Å²) in [7, 11) is 0. The van der Waals surface area contributed by atoms with Crippen LogP contribution in [0, 0.1) is 5.92 Å². The van der Waals surface area contributed by atoms with Crippen molar-refractivity contribution in [1.82, 2.24) is 9.99 Å². The molecule has 1 aromatic carbocycles. The van der Waals surface area contributed by atoms with Crippen LogP contribution in [0.1, 0.15) is 19.4 Å². The van der Waals surface area contributed by atoms with Gasteiger partial charge in [0, 0.05) is 17.0 Å². The number of hydrogen-bond acceptors (Lipinski definition) is 5. The first-order valence-corrected chi connectivity index (χ1v) is 9.45. The van der Waals surface area contributed by atoms with Gasteiger partial charge in [-0.05, 0) is 32.0 Å². The van der Waals surface area contributed by atoms with E-state index in [1.54, 1.807) is 13.1 Å². The lowest BCUT2D eigenvalue weighted by molar-refractivity contribution is -0.131. The molecule has 1 aliphatic carbocycles. The van der Waals surface area contributed by atoms with Crippen LogP contribution >= 0.6 is 11.6 Å². The predicted octanol–water partition coefficient (Wildman–Crippen LogP) is 3.99. The summed E-state index contributed by atoms with van der Waals surface area (Å²) in [6.07, 6.45) is 9.09. The van der Waals surface area contributed by atoms with E-state index in [-0.39, 0.29) is 17.9 Å². The van der Waals surface area contributed by atoms with Crippen molar-refractivity contribution in [2.45, 2.75) is 19.9 Å². The van der Waals surface area contributed by atoms with Gasteiger partial charge in [-0.1, -0.05) is 35.9 Å². The van der Waals surface area contributed by atoms with Crippen LogP contribution in [-0.2, 0) is 4.79 Å². The normalized spacial score (nSPS) is 21.3. The minimum atomic E-state index is -0.326. The van der Waals surface area contributed by atoms with Crippen molar-refractivity contribution in [3.63, 3.8) is 0 Å². The number of benzene rings is 1. The van der Waals surface area contributed by atoms with Gasteiger partial charge in [-0.25, -0.2) is 4.98 Å². The number of hydrazone groups is 1. The Bertz CT molecular complexity index is 1060. The predicted molar refractivity (Wildman–Crippen MR) is 111 cm³/mol. The van der Waals surface area contributed by atoms with Crippen molar-refractivity contribution in [3.05, 3.63) is 59.3 Å². The van der Waals surface area contributed by atoms with Crippen LogP contribution in [-0.4, -0.2) is 40.6 Å². The molecule has 0 unspecified atom stereocenters. The molecule has 7 heteroatoms. The third kappa shape index (κ3) is 3.43. The third-order valence-electron chi connectivity index (χ3n) is 4.64. The number of carbonyl (C=O) groups is 1. The molecule has 6 nitrogen and oxygen atoms in total. The highest BCUT2D eigenvalue weighted by molar-refractivity contribution is 6.32. The van der Waals surface area contributed by atoms with Crippen molar-refractivity contribution < 1.29 is 9.53 Å². The molecule has 2 atom stereocenters. The second kappa shape index (κ2) is 7.56. The molecule has 1 amide bonds. The second-order valence-corrected chi connectivity index (χ2v) is 6.87. The number of hydrogen-bond donors (Lipinski definition) is 0. The summed E-state index contributed by atoms with van der Waals surface area (Å²) in [5.41, 5.74) is 1.36. The van der Waals surface area contributed by atoms with Crippen molar-refractivity contribution in [1.29, 1.82) is 0 Å². The van der Waals surface area contributed by atoms with Crippen molar-refractivity contribution >= 4 is 40.5 Å².